The zero-order valence-corrected chi connectivity index (χ0v) is 7.98. The van der Waals surface area contributed by atoms with Gasteiger partial charge in [-0.2, -0.15) is 0 Å². The maximum absolute atomic E-state index is 3.98. The van der Waals surface area contributed by atoms with Crippen LogP contribution in [0.5, 0.6) is 0 Å². The molecular weight excluding hydrogens is 176 g/mol. The summed E-state index contributed by atoms with van der Waals surface area (Å²) in [6, 6.07) is 2.07. The summed E-state index contributed by atoms with van der Waals surface area (Å²) in [6.07, 6.45) is 9.54. The lowest BCUT2D eigenvalue weighted by atomic mass is 10.3. The fourth-order valence-corrected chi connectivity index (χ4v) is 1.33. The molecular formula is C10H14N4. The fourth-order valence-electron chi connectivity index (χ4n) is 1.33. The van der Waals surface area contributed by atoms with Crippen molar-refractivity contribution < 1.29 is 0 Å². The number of hydrogen-bond donors (Lipinski definition) is 2. The Morgan fingerprint density at radius 1 is 1.50 bits per heavy atom. The highest BCUT2D eigenvalue weighted by molar-refractivity contribution is 5.07. The van der Waals surface area contributed by atoms with E-state index in [4.69, 9.17) is 0 Å². The van der Waals surface area contributed by atoms with Crippen molar-refractivity contribution in [2.45, 2.75) is 13.1 Å². The quantitative estimate of drug-likeness (QED) is 0.691. The average Bonchev–Trinajstić information content (AvgIpc) is 2.86. The molecule has 0 amide bonds. The van der Waals surface area contributed by atoms with Gasteiger partial charge in [-0.15, -0.1) is 0 Å². The molecule has 0 aliphatic heterocycles. The molecule has 4 heteroatoms. The van der Waals surface area contributed by atoms with Crippen molar-refractivity contribution in [2.24, 2.45) is 0 Å². The van der Waals surface area contributed by atoms with Crippen molar-refractivity contribution in [3.63, 3.8) is 0 Å². The molecule has 0 spiro atoms. The molecule has 0 saturated carbocycles. The third kappa shape index (κ3) is 2.47. The first-order chi connectivity index (χ1) is 6.95. The Kier molecular flexibility index (Phi) is 2.98. The molecule has 2 rings (SSSR count). The third-order valence-corrected chi connectivity index (χ3v) is 2.10. The summed E-state index contributed by atoms with van der Waals surface area (Å²) in [5, 5.41) is 3.36. The Balaban J connectivity index is 1.65. The summed E-state index contributed by atoms with van der Waals surface area (Å²) in [5.74, 6) is 0. The van der Waals surface area contributed by atoms with Gasteiger partial charge >= 0.3 is 0 Å². The highest BCUT2D eigenvalue weighted by Gasteiger charge is 1.92. The van der Waals surface area contributed by atoms with Crippen LogP contribution < -0.4 is 5.32 Å². The van der Waals surface area contributed by atoms with Gasteiger partial charge in [0.05, 0.1) is 6.33 Å². The first-order valence-corrected chi connectivity index (χ1v) is 4.73. The number of imidazole rings is 1. The summed E-state index contributed by atoms with van der Waals surface area (Å²) in [5.41, 5.74) is 1.29. The highest BCUT2D eigenvalue weighted by atomic mass is 15.0. The fraction of sp³-hybridized carbons (Fsp3) is 0.300. The lowest BCUT2D eigenvalue weighted by Gasteiger charge is -2.03. The van der Waals surface area contributed by atoms with E-state index >= 15 is 0 Å². The maximum atomic E-state index is 3.98. The zero-order chi connectivity index (χ0) is 9.64. The van der Waals surface area contributed by atoms with Gasteiger partial charge in [0, 0.05) is 44.4 Å². The van der Waals surface area contributed by atoms with Crippen molar-refractivity contribution in [3.05, 3.63) is 42.7 Å². The Morgan fingerprint density at radius 2 is 2.50 bits per heavy atom. The van der Waals surface area contributed by atoms with Crippen LogP contribution in [0, 0.1) is 0 Å². The highest BCUT2D eigenvalue weighted by Crippen LogP contribution is 1.94. The Hall–Kier alpha value is -1.55. The lowest BCUT2D eigenvalue weighted by Crippen LogP contribution is -2.18. The second-order valence-electron chi connectivity index (χ2n) is 3.20. The number of nitrogens with zero attached hydrogens (tertiary/aromatic N) is 2. The average molecular weight is 190 g/mol. The SMILES string of the molecule is c1cn(CCNCc2cc[nH]c2)cn1. The van der Waals surface area contributed by atoms with Gasteiger partial charge in [0.2, 0.25) is 0 Å². The van der Waals surface area contributed by atoms with Crippen LogP contribution >= 0.6 is 0 Å². The van der Waals surface area contributed by atoms with Crippen LogP contribution in [0.1, 0.15) is 5.56 Å². The Bertz CT molecular complexity index is 300. The molecule has 0 radical (unpaired) electrons. The van der Waals surface area contributed by atoms with Crippen LogP contribution in [0.3, 0.4) is 0 Å². The van der Waals surface area contributed by atoms with E-state index in [0.717, 1.165) is 19.6 Å². The predicted octanol–water partition coefficient (Wildman–Crippen LogP) is 1.00. The second kappa shape index (κ2) is 4.62. The molecule has 4 nitrogen and oxygen atoms in total. The molecule has 0 unspecified atom stereocenters. The maximum Gasteiger partial charge on any atom is 0.0946 e. The predicted molar refractivity (Wildman–Crippen MR) is 54.7 cm³/mol. The number of rotatable bonds is 5. The van der Waals surface area contributed by atoms with Crippen LogP contribution in [-0.4, -0.2) is 21.1 Å². The number of aromatic amines is 1. The van der Waals surface area contributed by atoms with Gasteiger partial charge in [-0.1, -0.05) is 0 Å². The van der Waals surface area contributed by atoms with Gasteiger partial charge in [-0.05, 0) is 11.6 Å². The molecule has 2 aromatic rings. The molecule has 2 N–H and O–H groups in total. The molecule has 0 aliphatic carbocycles. The second-order valence-corrected chi connectivity index (χ2v) is 3.20. The molecule has 0 atom stereocenters. The van der Waals surface area contributed by atoms with Crippen LogP contribution in [0.25, 0.3) is 0 Å². The van der Waals surface area contributed by atoms with Gasteiger partial charge < -0.3 is 14.9 Å². The third-order valence-electron chi connectivity index (χ3n) is 2.10. The zero-order valence-electron chi connectivity index (χ0n) is 7.98. The normalized spacial score (nSPS) is 10.6. The van der Waals surface area contributed by atoms with Gasteiger partial charge in [0.25, 0.3) is 0 Å². The molecule has 2 aromatic heterocycles. The van der Waals surface area contributed by atoms with Gasteiger partial charge in [-0.25, -0.2) is 4.98 Å². The summed E-state index contributed by atoms with van der Waals surface area (Å²) in [4.78, 5) is 7.01. The largest absolute Gasteiger partial charge is 0.367 e. The van der Waals surface area contributed by atoms with Gasteiger partial charge in [-0.3, -0.25) is 0 Å². The molecule has 0 aliphatic rings. The van der Waals surface area contributed by atoms with E-state index in [2.05, 4.69) is 25.9 Å². The minimum absolute atomic E-state index is 0.915. The Morgan fingerprint density at radius 3 is 3.21 bits per heavy atom. The van der Waals surface area contributed by atoms with Gasteiger partial charge in [0.1, 0.15) is 0 Å². The smallest absolute Gasteiger partial charge is 0.0946 e. The molecule has 2 heterocycles. The Labute approximate surface area is 83.0 Å². The lowest BCUT2D eigenvalue weighted by molar-refractivity contribution is 0.597. The van der Waals surface area contributed by atoms with E-state index in [0.29, 0.717) is 0 Å². The van der Waals surface area contributed by atoms with E-state index in [1.165, 1.54) is 5.56 Å². The van der Waals surface area contributed by atoms with E-state index in [-0.39, 0.29) is 0 Å². The van der Waals surface area contributed by atoms with Crippen molar-refractivity contribution in [3.8, 4) is 0 Å². The topological polar surface area (TPSA) is 45.6 Å². The first-order valence-electron chi connectivity index (χ1n) is 4.73. The van der Waals surface area contributed by atoms with Crippen molar-refractivity contribution in [2.75, 3.05) is 6.54 Å². The summed E-state index contributed by atoms with van der Waals surface area (Å²) >= 11 is 0. The first kappa shape index (κ1) is 9.02. The molecule has 0 bridgehead atoms. The van der Waals surface area contributed by atoms with E-state index in [1.54, 1.807) is 6.20 Å². The molecule has 74 valence electrons. The summed E-state index contributed by atoms with van der Waals surface area (Å²) in [7, 11) is 0. The van der Waals surface area contributed by atoms with Crippen molar-refractivity contribution in [1.82, 2.24) is 19.9 Å². The molecule has 0 fully saturated rings. The van der Waals surface area contributed by atoms with Crippen molar-refractivity contribution >= 4 is 0 Å². The monoisotopic (exact) mass is 190 g/mol. The van der Waals surface area contributed by atoms with Crippen LogP contribution in [0.2, 0.25) is 0 Å². The summed E-state index contributed by atoms with van der Waals surface area (Å²) < 4.78 is 2.06. The van der Waals surface area contributed by atoms with E-state index in [9.17, 15) is 0 Å². The molecule has 0 saturated heterocycles. The number of nitrogens with one attached hydrogen (secondary N) is 2. The number of H-pyrrole nitrogens is 1. The minimum atomic E-state index is 0.915. The number of aromatic nitrogens is 3. The number of hydrogen-bond acceptors (Lipinski definition) is 2. The van der Waals surface area contributed by atoms with E-state index in [1.807, 2.05) is 24.9 Å². The van der Waals surface area contributed by atoms with E-state index < -0.39 is 0 Å². The van der Waals surface area contributed by atoms with Crippen molar-refractivity contribution in [1.29, 1.82) is 0 Å². The summed E-state index contributed by atoms with van der Waals surface area (Å²) in [6.45, 7) is 2.84. The van der Waals surface area contributed by atoms with Gasteiger partial charge in [0.15, 0.2) is 0 Å². The van der Waals surface area contributed by atoms with Crippen LogP contribution in [-0.2, 0) is 13.1 Å². The van der Waals surface area contributed by atoms with Crippen LogP contribution in [0.4, 0.5) is 0 Å². The standard InChI is InChI=1S/C10H14N4/c1-2-11-7-10(1)8-12-3-5-14-6-4-13-9-14/h1-2,4,6-7,9,11-12H,3,5,8H2. The minimum Gasteiger partial charge on any atom is -0.367 e. The van der Waals surface area contributed by atoms with Crippen LogP contribution in [0.15, 0.2) is 37.2 Å². The molecule has 0 aromatic carbocycles. The molecule has 14 heavy (non-hydrogen) atoms.